The van der Waals surface area contributed by atoms with E-state index in [0.717, 1.165) is 40.9 Å². The minimum atomic E-state index is 0.422. The second-order valence-corrected chi connectivity index (χ2v) is 5.47. The van der Waals surface area contributed by atoms with E-state index < -0.39 is 0 Å². The van der Waals surface area contributed by atoms with E-state index in [1.54, 1.807) is 18.9 Å². The summed E-state index contributed by atoms with van der Waals surface area (Å²) in [5.41, 5.74) is 1.96. The maximum atomic E-state index is 5.28. The van der Waals surface area contributed by atoms with Crippen molar-refractivity contribution in [3.8, 4) is 5.75 Å². The summed E-state index contributed by atoms with van der Waals surface area (Å²) in [6, 6.07) is 5.83. The number of rotatable bonds is 4. The normalized spacial score (nSPS) is 16.9. The fourth-order valence-corrected chi connectivity index (χ4v) is 2.92. The van der Waals surface area contributed by atoms with Crippen molar-refractivity contribution < 1.29 is 14.2 Å². The van der Waals surface area contributed by atoms with E-state index >= 15 is 0 Å². The molecule has 19 heavy (non-hydrogen) atoms. The molecular formula is C13H16N2O3S. The topological polar surface area (TPSA) is 56.4 Å². The second-order valence-electron chi connectivity index (χ2n) is 4.46. The third kappa shape index (κ3) is 3.02. The molecule has 0 radical (unpaired) electrons. The van der Waals surface area contributed by atoms with Gasteiger partial charge in [-0.05, 0) is 12.1 Å². The van der Waals surface area contributed by atoms with Gasteiger partial charge in [-0.1, -0.05) is 11.8 Å². The van der Waals surface area contributed by atoms with Gasteiger partial charge in [0, 0.05) is 17.7 Å². The lowest BCUT2D eigenvalue weighted by Gasteiger charge is -2.21. The molecule has 0 saturated carbocycles. The summed E-state index contributed by atoms with van der Waals surface area (Å²) in [4.78, 5) is 7.84. The van der Waals surface area contributed by atoms with Crippen molar-refractivity contribution >= 4 is 22.8 Å². The zero-order valence-electron chi connectivity index (χ0n) is 10.7. The number of fused-ring (bicyclic) bond motifs is 1. The van der Waals surface area contributed by atoms with E-state index in [2.05, 4.69) is 9.97 Å². The second kappa shape index (κ2) is 5.81. The zero-order valence-corrected chi connectivity index (χ0v) is 11.5. The van der Waals surface area contributed by atoms with Crippen LogP contribution < -0.4 is 4.74 Å². The molecule has 0 unspecified atom stereocenters. The highest BCUT2D eigenvalue weighted by atomic mass is 32.2. The number of hydrogen-bond acceptors (Lipinski definition) is 5. The fraction of sp³-hybridized carbons (Fsp3) is 0.462. The molecule has 1 aromatic carbocycles. The summed E-state index contributed by atoms with van der Waals surface area (Å²) >= 11 is 1.70. The average molecular weight is 280 g/mol. The predicted octanol–water partition coefficient (Wildman–Crippen LogP) is 2.28. The van der Waals surface area contributed by atoms with Crippen LogP contribution in [-0.4, -0.2) is 42.8 Å². The van der Waals surface area contributed by atoms with Gasteiger partial charge in [-0.25, -0.2) is 4.98 Å². The number of benzene rings is 1. The molecule has 5 nitrogen and oxygen atoms in total. The van der Waals surface area contributed by atoms with Crippen molar-refractivity contribution in [2.24, 2.45) is 5.92 Å². The molecule has 1 aromatic heterocycles. The maximum absolute atomic E-state index is 5.28. The van der Waals surface area contributed by atoms with Crippen LogP contribution in [0.15, 0.2) is 23.4 Å². The number of aromatic amines is 1. The summed E-state index contributed by atoms with van der Waals surface area (Å²) < 4.78 is 15.8. The number of nitrogens with one attached hydrogen (secondary N) is 1. The van der Waals surface area contributed by atoms with Gasteiger partial charge in [0.1, 0.15) is 12.5 Å². The van der Waals surface area contributed by atoms with Gasteiger partial charge in [0.25, 0.3) is 0 Å². The van der Waals surface area contributed by atoms with Crippen LogP contribution >= 0.6 is 11.8 Å². The van der Waals surface area contributed by atoms with Crippen molar-refractivity contribution in [1.29, 1.82) is 0 Å². The molecule has 102 valence electrons. The van der Waals surface area contributed by atoms with Crippen LogP contribution in [0.5, 0.6) is 5.75 Å². The summed E-state index contributed by atoms with van der Waals surface area (Å²) in [5, 5.41) is 0.925. The van der Waals surface area contributed by atoms with Gasteiger partial charge in [0.15, 0.2) is 5.16 Å². The third-order valence-electron chi connectivity index (χ3n) is 3.00. The molecule has 0 bridgehead atoms. The van der Waals surface area contributed by atoms with Crippen LogP contribution in [0.25, 0.3) is 11.0 Å². The highest BCUT2D eigenvalue weighted by Crippen LogP contribution is 2.25. The minimum Gasteiger partial charge on any atom is -0.497 e. The quantitative estimate of drug-likeness (QED) is 0.871. The molecule has 0 atom stereocenters. The van der Waals surface area contributed by atoms with Crippen molar-refractivity contribution in [1.82, 2.24) is 9.97 Å². The van der Waals surface area contributed by atoms with Gasteiger partial charge in [-0.15, -0.1) is 0 Å². The number of ether oxygens (including phenoxy) is 3. The number of thioether (sulfide) groups is 1. The van der Waals surface area contributed by atoms with E-state index in [-0.39, 0.29) is 0 Å². The van der Waals surface area contributed by atoms with E-state index in [1.807, 2.05) is 18.2 Å². The van der Waals surface area contributed by atoms with Crippen LogP contribution in [0.2, 0.25) is 0 Å². The Morgan fingerprint density at radius 3 is 3.05 bits per heavy atom. The van der Waals surface area contributed by atoms with Crippen LogP contribution in [0.3, 0.4) is 0 Å². The Bertz CT molecular complexity index is 552. The van der Waals surface area contributed by atoms with Gasteiger partial charge < -0.3 is 19.2 Å². The average Bonchev–Trinajstić information content (AvgIpc) is 2.88. The molecule has 1 fully saturated rings. The van der Waals surface area contributed by atoms with Crippen molar-refractivity contribution in [2.45, 2.75) is 5.16 Å². The lowest BCUT2D eigenvalue weighted by atomic mass is 10.2. The first-order chi connectivity index (χ1) is 9.35. The SMILES string of the molecule is COc1ccc2nc(SCC3COCOC3)[nH]c2c1. The highest BCUT2D eigenvalue weighted by Gasteiger charge is 2.15. The lowest BCUT2D eigenvalue weighted by Crippen LogP contribution is -2.25. The van der Waals surface area contributed by atoms with Crippen LogP contribution in [0.1, 0.15) is 0 Å². The molecule has 3 rings (SSSR count). The van der Waals surface area contributed by atoms with Gasteiger partial charge in [-0.2, -0.15) is 0 Å². The maximum Gasteiger partial charge on any atom is 0.166 e. The Kier molecular flexibility index (Phi) is 3.91. The Morgan fingerprint density at radius 2 is 2.26 bits per heavy atom. The van der Waals surface area contributed by atoms with Gasteiger partial charge >= 0.3 is 0 Å². The number of hydrogen-bond donors (Lipinski definition) is 1. The molecule has 1 aliphatic heterocycles. The Morgan fingerprint density at radius 1 is 1.42 bits per heavy atom. The molecule has 1 N–H and O–H groups in total. The van der Waals surface area contributed by atoms with Gasteiger partial charge in [-0.3, -0.25) is 0 Å². The van der Waals surface area contributed by atoms with E-state index in [1.165, 1.54) is 0 Å². The number of H-pyrrole nitrogens is 1. The molecule has 2 aromatic rings. The number of imidazole rings is 1. The molecule has 1 saturated heterocycles. The van der Waals surface area contributed by atoms with Gasteiger partial charge in [0.2, 0.25) is 0 Å². The van der Waals surface area contributed by atoms with Crippen molar-refractivity contribution in [3.05, 3.63) is 18.2 Å². The largest absolute Gasteiger partial charge is 0.497 e. The Labute approximate surface area is 115 Å². The number of methoxy groups -OCH3 is 1. The first-order valence-corrected chi connectivity index (χ1v) is 7.16. The third-order valence-corrected chi connectivity index (χ3v) is 4.10. The molecule has 0 aliphatic carbocycles. The lowest BCUT2D eigenvalue weighted by molar-refractivity contribution is -0.120. The molecular weight excluding hydrogens is 264 g/mol. The number of aromatic nitrogens is 2. The summed E-state index contributed by atoms with van der Waals surface area (Å²) in [6.45, 7) is 1.95. The van der Waals surface area contributed by atoms with E-state index in [4.69, 9.17) is 14.2 Å². The standard InChI is InChI=1S/C13H16N2O3S/c1-16-10-2-3-11-12(4-10)15-13(14-11)19-7-9-5-17-8-18-6-9/h2-4,9H,5-8H2,1H3,(H,14,15). The van der Waals surface area contributed by atoms with Crippen molar-refractivity contribution in [3.63, 3.8) is 0 Å². The van der Waals surface area contributed by atoms with E-state index in [9.17, 15) is 0 Å². The first kappa shape index (κ1) is 12.8. The molecule has 6 heteroatoms. The Hall–Kier alpha value is -1.24. The fourth-order valence-electron chi connectivity index (χ4n) is 1.99. The van der Waals surface area contributed by atoms with Gasteiger partial charge in [0.05, 0.1) is 31.4 Å². The highest BCUT2D eigenvalue weighted by molar-refractivity contribution is 7.99. The predicted molar refractivity (Wildman–Crippen MR) is 73.6 cm³/mol. The van der Waals surface area contributed by atoms with Crippen LogP contribution in [-0.2, 0) is 9.47 Å². The van der Waals surface area contributed by atoms with Crippen LogP contribution in [0, 0.1) is 5.92 Å². The molecule has 1 aliphatic rings. The molecule has 0 spiro atoms. The number of nitrogens with zero attached hydrogens (tertiary/aromatic N) is 1. The molecule has 0 amide bonds. The smallest absolute Gasteiger partial charge is 0.166 e. The molecule has 2 heterocycles. The van der Waals surface area contributed by atoms with Crippen LogP contribution in [0.4, 0.5) is 0 Å². The monoisotopic (exact) mass is 280 g/mol. The summed E-state index contributed by atoms with van der Waals surface area (Å²) in [5.74, 6) is 2.21. The first-order valence-electron chi connectivity index (χ1n) is 6.17. The summed E-state index contributed by atoms with van der Waals surface area (Å²) in [6.07, 6.45) is 0. The zero-order chi connectivity index (χ0) is 13.1. The van der Waals surface area contributed by atoms with Crippen molar-refractivity contribution in [2.75, 3.05) is 32.9 Å². The summed E-state index contributed by atoms with van der Waals surface area (Å²) in [7, 11) is 1.66. The van der Waals surface area contributed by atoms with E-state index in [0.29, 0.717) is 12.7 Å². The Balaban J connectivity index is 1.67. The minimum absolute atomic E-state index is 0.422.